The van der Waals surface area contributed by atoms with Crippen LogP contribution in [0.4, 0.5) is 5.88 Å². The fraction of sp³-hybridized carbons (Fsp3) is 0.542. The summed E-state index contributed by atoms with van der Waals surface area (Å²) in [5.41, 5.74) is 2.94. The molecule has 1 aromatic carbocycles. The van der Waals surface area contributed by atoms with Crippen LogP contribution in [0.5, 0.6) is 0 Å². The van der Waals surface area contributed by atoms with Gasteiger partial charge in [0.25, 0.3) is 0 Å². The summed E-state index contributed by atoms with van der Waals surface area (Å²) in [6, 6.07) is 10.7. The predicted octanol–water partition coefficient (Wildman–Crippen LogP) is 4.05. The van der Waals surface area contributed by atoms with Crippen molar-refractivity contribution in [3.05, 3.63) is 52.8 Å². The van der Waals surface area contributed by atoms with Gasteiger partial charge in [-0.05, 0) is 24.8 Å². The highest BCUT2D eigenvalue weighted by Gasteiger charge is 2.39. The molecule has 30 heavy (non-hydrogen) atoms. The number of esters is 1. The maximum atomic E-state index is 12.9. The number of ether oxygens (including phenoxy) is 2. The van der Waals surface area contributed by atoms with Crippen molar-refractivity contribution < 1.29 is 18.7 Å². The lowest BCUT2D eigenvalue weighted by molar-refractivity contribution is 0.0523. The summed E-state index contributed by atoms with van der Waals surface area (Å²) in [4.78, 5) is 17.5. The Kier molecular flexibility index (Phi) is 6.44. The van der Waals surface area contributed by atoms with Crippen molar-refractivity contribution in [2.24, 2.45) is 5.92 Å². The van der Waals surface area contributed by atoms with Crippen LogP contribution in [-0.2, 0) is 22.4 Å². The van der Waals surface area contributed by atoms with Crippen LogP contribution in [0.3, 0.4) is 0 Å². The van der Waals surface area contributed by atoms with Crippen molar-refractivity contribution in [1.29, 1.82) is 0 Å². The molecule has 4 rings (SSSR count). The van der Waals surface area contributed by atoms with E-state index in [1.54, 1.807) is 0 Å². The maximum Gasteiger partial charge on any atom is 0.343 e. The molecule has 0 N–H and O–H groups in total. The molecular formula is C24H32N2O4. The standard InChI is InChI=1S/C24H32N2O4/c1-4-29-24(27)20-19-10-11-26(16-18-8-6-5-7-9-18)21(17(2)3)22(19)30-23(20)25-12-14-28-15-13-25/h5-9,17,21H,4,10-16H2,1-3H3. The number of carbonyl (C=O) groups excluding carboxylic acids is 1. The summed E-state index contributed by atoms with van der Waals surface area (Å²) in [7, 11) is 0. The number of hydrogen-bond acceptors (Lipinski definition) is 6. The average Bonchev–Trinajstić information content (AvgIpc) is 3.14. The molecule has 1 atom stereocenters. The van der Waals surface area contributed by atoms with Crippen LogP contribution < -0.4 is 4.90 Å². The van der Waals surface area contributed by atoms with Crippen LogP contribution in [0.2, 0.25) is 0 Å². The highest BCUT2D eigenvalue weighted by molar-refractivity contribution is 5.97. The van der Waals surface area contributed by atoms with E-state index in [0.29, 0.717) is 37.2 Å². The van der Waals surface area contributed by atoms with Crippen molar-refractivity contribution >= 4 is 11.9 Å². The quantitative estimate of drug-likeness (QED) is 0.668. The van der Waals surface area contributed by atoms with Crippen LogP contribution in [0.25, 0.3) is 0 Å². The number of carbonyl (C=O) groups is 1. The third-order valence-electron chi connectivity index (χ3n) is 5.97. The number of nitrogens with zero attached hydrogens (tertiary/aromatic N) is 2. The van der Waals surface area contributed by atoms with Crippen LogP contribution in [0.1, 0.15) is 54.1 Å². The summed E-state index contributed by atoms with van der Waals surface area (Å²) in [6.45, 7) is 11.1. The molecule has 3 heterocycles. The number of furan rings is 1. The molecule has 1 fully saturated rings. The second-order valence-electron chi connectivity index (χ2n) is 8.34. The first-order valence-corrected chi connectivity index (χ1v) is 11.0. The normalized spacial score (nSPS) is 19.7. The Morgan fingerprint density at radius 3 is 2.57 bits per heavy atom. The first kappa shape index (κ1) is 20.9. The van der Waals surface area contributed by atoms with Gasteiger partial charge in [-0.15, -0.1) is 0 Å². The molecule has 0 spiro atoms. The van der Waals surface area contributed by atoms with Gasteiger partial charge in [0.1, 0.15) is 11.3 Å². The van der Waals surface area contributed by atoms with Gasteiger partial charge in [0, 0.05) is 31.7 Å². The molecule has 2 aliphatic heterocycles. The molecule has 0 bridgehead atoms. The van der Waals surface area contributed by atoms with E-state index in [1.807, 2.05) is 13.0 Å². The fourth-order valence-electron chi connectivity index (χ4n) is 4.64. The van der Waals surface area contributed by atoms with Crippen molar-refractivity contribution in [3.8, 4) is 0 Å². The molecule has 1 saturated heterocycles. The van der Waals surface area contributed by atoms with Gasteiger partial charge < -0.3 is 18.8 Å². The van der Waals surface area contributed by atoms with Crippen molar-refractivity contribution in [3.63, 3.8) is 0 Å². The second kappa shape index (κ2) is 9.23. The third kappa shape index (κ3) is 4.12. The van der Waals surface area contributed by atoms with Crippen LogP contribution in [0.15, 0.2) is 34.7 Å². The zero-order valence-electron chi connectivity index (χ0n) is 18.2. The van der Waals surface area contributed by atoms with E-state index in [0.717, 1.165) is 43.9 Å². The molecular weight excluding hydrogens is 380 g/mol. The van der Waals surface area contributed by atoms with E-state index in [1.165, 1.54) is 5.56 Å². The molecule has 1 unspecified atom stereocenters. The number of benzene rings is 1. The first-order chi connectivity index (χ1) is 14.6. The Hall–Kier alpha value is -2.31. The van der Waals surface area contributed by atoms with Crippen molar-refractivity contribution in [1.82, 2.24) is 4.90 Å². The number of rotatable bonds is 6. The summed E-state index contributed by atoms with van der Waals surface area (Å²) in [5, 5.41) is 0. The van der Waals surface area contributed by atoms with Gasteiger partial charge in [0.15, 0.2) is 0 Å². The lowest BCUT2D eigenvalue weighted by atomic mass is 9.90. The minimum absolute atomic E-state index is 0.122. The first-order valence-electron chi connectivity index (χ1n) is 11.0. The molecule has 2 aliphatic rings. The highest BCUT2D eigenvalue weighted by Crippen LogP contribution is 2.43. The molecule has 0 saturated carbocycles. The van der Waals surface area contributed by atoms with Gasteiger partial charge in [-0.3, -0.25) is 4.90 Å². The second-order valence-corrected chi connectivity index (χ2v) is 8.34. The summed E-state index contributed by atoms with van der Waals surface area (Å²) >= 11 is 0. The molecule has 2 aromatic rings. The van der Waals surface area contributed by atoms with Crippen molar-refractivity contribution in [2.75, 3.05) is 44.4 Å². The number of hydrogen-bond donors (Lipinski definition) is 0. The lowest BCUT2D eigenvalue weighted by Gasteiger charge is -2.37. The monoisotopic (exact) mass is 412 g/mol. The molecule has 0 radical (unpaired) electrons. The molecule has 1 aromatic heterocycles. The van der Waals surface area contributed by atoms with E-state index in [9.17, 15) is 4.79 Å². The van der Waals surface area contributed by atoms with E-state index in [-0.39, 0.29) is 12.0 Å². The molecule has 6 nitrogen and oxygen atoms in total. The highest BCUT2D eigenvalue weighted by atomic mass is 16.5. The van der Waals surface area contributed by atoms with Gasteiger partial charge in [-0.25, -0.2) is 4.79 Å². The van der Waals surface area contributed by atoms with Gasteiger partial charge >= 0.3 is 5.97 Å². The Bertz CT molecular complexity index is 856. The van der Waals surface area contributed by atoms with Gasteiger partial charge in [-0.2, -0.15) is 0 Å². The SMILES string of the molecule is CCOC(=O)c1c(N2CCOCC2)oc2c1CCN(Cc1ccccc1)C2C(C)C. The van der Waals surface area contributed by atoms with Gasteiger partial charge in [-0.1, -0.05) is 44.2 Å². The van der Waals surface area contributed by atoms with E-state index < -0.39 is 0 Å². The fourth-order valence-corrected chi connectivity index (χ4v) is 4.64. The van der Waals surface area contributed by atoms with E-state index in [2.05, 4.69) is 47.9 Å². The Morgan fingerprint density at radius 2 is 1.90 bits per heavy atom. The largest absolute Gasteiger partial charge is 0.462 e. The van der Waals surface area contributed by atoms with Crippen LogP contribution in [0, 0.1) is 5.92 Å². The molecule has 6 heteroatoms. The number of fused-ring (bicyclic) bond motifs is 1. The Labute approximate surface area is 178 Å². The van der Waals surface area contributed by atoms with Crippen LogP contribution >= 0.6 is 0 Å². The summed E-state index contributed by atoms with van der Waals surface area (Å²) in [6.07, 6.45) is 0.785. The smallest absolute Gasteiger partial charge is 0.343 e. The number of morpholine rings is 1. The third-order valence-corrected chi connectivity index (χ3v) is 5.97. The Morgan fingerprint density at radius 1 is 1.17 bits per heavy atom. The number of anilines is 1. The topological polar surface area (TPSA) is 55.1 Å². The molecule has 0 aliphatic carbocycles. The van der Waals surface area contributed by atoms with Crippen molar-refractivity contribution in [2.45, 2.75) is 39.8 Å². The maximum absolute atomic E-state index is 12.9. The Balaban J connectivity index is 1.73. The predicted molar refractivity (Wildman–Crippen MR) is 116 cm³/mol. The average molecular weight is 413 g/mol. The zero-order chi connectivity index (χ0) is 21.1. The van der Waals surface area contributed by atoms with Gasteiger partial charge in [0.05, 0.1) is 25.9 Å². The molecule has 0 amide bonds. The zero-order valence-corrected chi connectivity index (χ0v) is 18.2. The van der Waals surface area contributed by atoms with Crippen LogP contribution in [-0.4, -0.2) is 50.3 Å². The molecule has 162 valence electrons. The van der Waals surface area contributed by atoms with E-state index >= 15 is 0 Å². The summed E-state index contributed by atoms with van der Waals surface area (Å²) in [5.74, 6) is 1.67. The van der Waals surface area contributed by atoms with Gasteiger partial charge in [0.2, 0.25) is 5.88 Å². The lowest BCUT2D eigenvalue weighted by Crippen LogP contribution is -2.37. The van der Waals surface area contributed by atoms with E-state index in [4.69, 9.17) is 13.9 Å². The summed E-state index contributed by atoms with van der Waals surface area (Å²) < 4.78 is 17.5. The minimum atomic E-state index is -0.275. The minimum Gasteiger partial charge on any atom is -0.462 e.